The minimum Gasteiger partial charge on any atom is -0.465 e. The fourth-order valence-corrected chi connectivity index (χ4v) is 9.64. The Bertz CT molecular complexity index is 2410. The number of H-pyrrole nitrogens is 2. The van der Waals surface area contributed by atoms with Crippen molar-refractivity contribution in [1.82, 2.24) is 49.9 Å². The molecule has 3 aromatic heterocycles. The predicted octanol–water partition coefficient (Wildman–Crippen LogP) is 7.73. The van der Waals surface area contributed by atoms with Crippen LogP contribution < -0.4 is 5.32 Å². The molecular weight excluding hydrogens is 789 g/mol. The second-order valence-corrected chi connectivity index (χ2v) is 17.3. The molecule has 62 heavy (non-hydrogen) atoms. The quantitative estimate of drug-likeness (QED) is 0.0963. The number of hydrogen-bond donors (Lipinski definition) is 4. The highest BCUT2D eigenvalue weighted by Gasteiger charge is 2.40. The number of likely N-dealkylation sites (N-methyl/N-ethyl adjacent to an activating group) is 1. The smallest absolute Gasteiger partial charge is 0.407 e. The van der Waals surface area contributed by atoms with Crippen LogP contribution in [0.4, 0.5) is 9.59 Å². The van der Waals surface area contributed by atoms with E-state index in [0.717, 1.165) is 101 Å². The number of fused-ring (bicyclic) bond motifs is 1. The van der Waals surface area contributed by atoms with E-state index >= 15 is 0 Å². The van der Waals surface area contributed by atoms with Crippen LogP contribution in [-0.2, 0) is 14.3 Å². The summed E-state index contributed by atoms with van der Waals surface area (Å²) in [5, 5.41) is 12.4. The summed E-state index contributed by atoms with van der Waals surface area (Å²) in [6, 6.07) is 12.0. The van der Waals surface area contributed by atoms with Crippen LogP contribution in [0.3, 0.4) is 0 Å². The van der Waals surface area contributed by atoms with Gasteiger partial charge in [0, 0.05) is 31.3 Å². The van der Waals surface area contributed by atoms with Gasteiger partial charge in [0.05, 0.1) is 65.9 Å². The number of nitrogens with zero attached hydrogens (tertiary/aromatic N) is 7. The largest absolute Gasteiger partial charge is 0.465 e. The fourth-order valence-electron chi connectivity index (χ4n) is 9.64. The molecule has 8 rings (SSSR count). The molecule has 5 heterocycles. The third-order valence-corrected chi connectivity index (χ3v) is 12.9. The molecule has 16 heteroatoms. The number of benzene rings is 2. The predicted molar refractivity (Wildman–Crippen MR) is 232 cm³/mol. The first kappa shape index (κ1) is 42.4. The number of likely N-dealkylation sites (tertiary alicyclic amines) is 2. The zero-order valence-electron chi connectivity index (χ0n) is 35.8. The third kappa shape index (κ3) is 8.86. The average Bonchev–Trinajstić information content (AvgIpc) is 4.13. The van der Waals surface area contributed by atoms with E-state index < -0.39 is 24.3 Å². The van der Waals surface area contributed by atoms with Gasteiger partial charge in [0.25, 0.3) is 0 Å². The Labute approximate surface area is 360 Å². The highest BCUT2D eigenvalue weighted by Crippen LogP contribution is 2.36. The van der Waals surface area contributed by atoms with Gasteiger partial charge in [0.1, 0.15) is 23.7 Å². The Morgan fingerprint density at radius 1 is 0.774 bits per heavy atom. The molecule has 4 N–H and O–H groups in total. The second kappa shape index (κ2) is 18.3. The Balaban J connectivity index is 0.933. The molecule has 0 spiro atoms. The van der Waals surface area contributed by atoms with Crippen LogP contribution in [0.2, 0.25) is 0 Å². The summed E-state index contributed by atoms with van der Waals surface area (Å²) in [4.78, 5) is 82.4. The summed E-state index contributed by atoms with van der Waals surface area (Å²) < 4.78 is 4.89. The summed E-state index contributed by atoms with van der Waals surface area (Å²) in [5.41, 5.74) is 6.56. The average molecular weight is 845 g/mol. The zero-order chi connectivity index (χ0) is 43.5. The number of methoxy groups -OCH3 is 1. The van der Waals surface area contributed by atoms with E-state index in [0.29, 0.717) is 37.1 Å². The minimum absolute atomic E-state index is 0.0889. The summed E-state index contributed by atoms with van der Waals surface area (Å²) in [6.07, 6.45) is 13.1. The van der Waals surface area contributed by atoms with Crippen LogP contribution in [0.15, 0.2) is 61.1 Å². The van der Waals surface area contributed by atoms with Crippen molar-refractivity contribution < 1.29 is 29.0 Å². The Kier molecular flexibility index (Phi) is 12.5. The van der Waals surface area contributed by atoms with Crippen molar-refractivity contribution in [2.24, 2.45) is 11.8 Å². The maximum absolute atomic E-state index is 14.0. The minimum atomic E-state index is -1.13. The van der Waals surface area contributed by atoms with Crippen molar-refractivity contribution in [3.05, 3.63) is 72.7 Å². The number of ether oxygens (including phenoxy) is 1. The summed E-state index contributed by atoms with van der Waals surface area (Å²) in [5.74, 6) is 1.32. The second-order valence-electron chi connectivity index (χ2n) is 17.3. The van der Waals surface area contributed by atoms with Crippen LogP contribution in [0.5, 0.6) is 0 Å². The summed E-state index contributed by atoms with van der Waals surface area (Å²) in [7, 11) is 2.77. The zero-order valence-corrected chi connectivity index (χ0v) is 35.8. The molecule has 0 bridgehead atoms. The van der Waals surface area contributed by atoms with Gasteiger partial charge in [-0.2, -0.15) is 0 Å². The van der Waals surface area contributed by atoms with E-state index in [2.05, 4.69) is 20.3 Å². The molecule has 326 valence electrons. The Morgan fingerprint density at radius 3 is 1.98 bits per heavy atom. The highest BCUT2D eigenvalue weighted by molar-refractivity contribution is 5.87. The van der Waals surface area contributed by atoms with Gasteiger partial charge in [0.2, 0.25) is 11.8 Å². The van der Waals surface area contributed by atoms with E-state index in [1.807, 2.05) is 61.2 Å². The number of imidazole rings is 2. The van der Waals surface area contributed by atoms with Crippen LogP contribution in [0, 0.1) is 11.8 Å². The molecule has 5 aromatic rings. The third-order valence-electron chi connectivity index (χ3n) is 12.9. The standard InChI is InChI=1S/C46H56N10O6/c1-27(2)40(54(3)46(60)61)44(58)56-21-9-13-39(56)42-48-25-36(51-42)30-16-14-29(15-17-30)35-24-47-33-23-31(18-19-32(33)50-35)37-26-49-41(52-37)38-12-8-20-55(38)43(57)34(53-45(59)62-4)22-28-10-6-5-7-11-28/h14-19,23-28,34,38-40H,5-13,20-22H2,1-4H3,(H,48,51)(H,49,52)(H,53,59)(H,60,61)/t34-,38-,39-,40-/m0/s1. The van der Waals surface area contributed by atoms with Gasteiger partial charge in [-0.05, 0) is 61.6 Å². The highest BCUT2D eigenvalue weighted by atomic mass is 16.5. The van der Waals surface area contributed by atoms with Crippen molar-refractivity contribution in [3.8, 4) is 33.8 Å². The van der Waals surface area contributed by atoms with Gasteiger partial charge < -0.3 is 34.9 Å². The van der Waals surface area contributed by atoms with E-state index in [9.17, 15) is 24.3 Å². The molecule has 0 unspecified atom stereocenters. The number of carbonyl (C=O) groups is 4. The molecule has 3 aliphatic rings. The topological polar surface area (TPSA) is 203 Å². The molecule has 16 nitrogen and oxygen atoms in total. The molecule has 4 amide bonds. The lowest BCUT2D eigenvalue weighted by molar-refractivity contribution is -0.138. The van der Waals surface area contributed by atoms with Crippen LogP contribution in [0.1, 0.15) is 102 Å². The number of hydrogen-bond acceptors (Lipinski definition) is 9. The van der Waals surface area contributed by atoms with Gasteiger partial charge in [-0.1, -0.05) is 76.3 Å². The van der Waals surface area contributed by atoms with Crippen molar-refractivity contribution in [3.63, 3.8) is 0 Å². The fraction of sp³-hybridized carbons (Fsp3) is 0.478. The van der Waals surface area contributed by atoms with Crippen molar-refractivity contribution in [2.75, 3.05) is 27.2 Å². The molecule has 1 aliphatic carbocycles. The van der Waals surface area contributed by atoms with Crippen LogP contribution in [0.25, 0.3) is 44.8 Å². The molecule has 2 saturated heterocycles. The first-order valence-electron chi connectivity index (χ1n) is 21.9. The van der Waals surface area contributed by atoms with Gasteiger partial charge in [-0.15, -0.1) is 0 Å². The Hall–Kier alpha value is -6.32. The number of carbonyl (C=O) groups excluding carboxylic acids is 3. The lowest BCUT2D eigenvalue weighted by Crippen LogP contribution is -2.51. The van der Waals surface area contributed by atoms with Gasteiger partial charge in [-0.25, -0.2) is 24.5 Å². The molecule has 2 aliphatic heterocycles. The lowest BCUT2D eigenvalue weighted by Gasteiger charge is -2.33. The van der Waals surface area contributed by atoms with Gasteiger partial charge in [0.15, 0.2) is 0 Å². The maximum Gasteiger partial charge on any atom is 0.407 e. The molecule has 2 aromatic carbocycles. The molecule has 1 saturated carbocycles. The molecule has 0 radical (unpaired) electrons. The summed E-state index contributed by atoms with van der Waals surface area (Å²) in [6.45, 7) is 4.87. The van der Waals surface area contributed by atoms with E-state index in [4.69, 9.17) is 19.7 Å². The molecular formula is C46H56N10O6. The number of aromatic nitrogens is 6. The van der Waals surface area contributed by atoms with Gasteiger partial charge >= 0.3 is 12.2 Å². The first-order chi connectivity index (χ1) is 30.0. The van der Waals surface area contributed by atoms with Crippen molar-refractivity contribution in [2.45, 2.75) is 102 Å². The number of carboxylic acid groups (broad SMARTS) is 1. The molecule has 4 atom stereocenters. The number of rotatable bonds is 12. The van der Waals surface area contributed by atoms with Crippen LogP contribution in [-0.4, -0.2) is 113 Å². The molecule has 3 fully saturated rings. The van der Waals surface area contributed by atoms with Gasteiger partial charge in [-0.3, -0.25) is 19.5 Å². The van der Waals surface area contributed by atoms with E-state index in [-0.39, 0.29) is 29.8 Å². The number of aromatic amines is 2. The van der Waals surface area contributed by atoms with E-state index in [1.165, 1.54) is 20.6 Å². The SMILES string of the molecule is COC(=O)N[C@@H](CC1CCCCC1)C(=O)N1CCC[C@H]1c1ncc(-c2ccc3nc(-c4ccc(-c5cnc([C@@H]6CCCN6C(=O)[C@H](C(C)C)N(C)C(=O)O)[nH]5)cc4)cnc3c2)[nH]1. The monoisotopic (exact) mass is 844 g/mol. The van der Waals surface area contributed by atoms with Crippen LogP contribution >= 0.6 is 0 Å². The Morgan fingerprint density at radius 2 is 1.37 bits per heavy atom. The maximum atomic E-state index is 14.0. The van der Waals surface area contributed by atoms with E-state index in [1.54, 1.807) is 23.5 Å². The number of amides is 4. The number of nitrogens with one attached hydrogen (secondary N) is 3. The van der Waals surface area contributed by atoms with Crippen molar-refractivity contribution in [1.29, 1.82) is 0 Å². The lowest BCUT2D eigenvalue weighted by atomic mass is 9.84. The first-order valence-corrected chi connectivity index (χ1v) is 21.9. The summed E-state index contributed by atoms with van der Waals surface area (Å²) >= 11 is 0. The van der Waals surface area contributed by atoms with Crippen molar-refractivity contribution >= 4 is 35.0 Å². The normalized spacial score (nSPS) is 19.2. The number of alkyl carbamates (subject to hydrolysis) is 1.